The first-order chi connectivity index (χ1) is 16.4. The summed E-state index contributed by atoms with van der Waals surface area (Å²) in [7, 11) is 0. The molecule has 170 valence electrons. The molecule has 11 heteroatoms. The number of pyridine rings is 1. The van der Waals surface area contributed by atoms with Crippen LogP contribution in [0.25, 0.3) is 16.6 Å². The van der Waals surface area contributed by atoms with E-state index >= 15 is 0 Å². The maximum atomic E-state index is 13.7. The minimum absolute atomic E-state index is 0.00884. The molecular formula is C23H19ClN8O2. The zero-order valence-electron chi connectivity index (χ0n) is 18.1. The highest BCUT2D eigenvalue weighted by Crippen LogP contribution is 2.38. The molecule has 3 N–H and O–H groups in total. The Labute approximate surface area is 198 Å². The molecule has 0 saturated carbocycles. The smallest absolute Gasteiger partial charge is 0.267 e. The van der Waals surface area contributed by atoms with Crippen LogP contribution in [0.15, 0.2) is 47.5 Å². The lowest BCUT2D eigenvalue weighted by molar-refractivity contribution is 0.193. The lowest BCUT2D eigenvalue weighted by Gasteiger charge is -2.28. The molecule has 0 bridgehead atoms. The second-order valence-corrected chi connectivity index (χ2v) is 8.40. The van der Waals surface area contributed by atoms with Crippen molar-refractivity contribution < 1.29 is 5.11 Å². The van der Waals surface area contributed by atoms with Crippen LogP contribution in [-0.4, -0.2) is 42.3 Å². The number of fused-ring (bicyclic) bond motifs is 1. The van der Waals surface area contributed by atoms with E-state index in [0.717, 1.165) is 0 Å². The van der Waals surface area contributed by atoms with Gasteiger partial charge < -0.3 is 15.7 Å². The number of rotatable bonds is 3. The van der Waals surface area contributed by atoms with E-state index in [2.05, 4.69) is 21.0 Å². The average molecular weight is 475 g/mol. The Morgan fingerprint density at radius 1 is 1.24 bits per heavy atom. The number of aliphatic hydroxyl groups excluding tert-OH is 1. The molecule has 1 aromatic carbocycles. The molecule has 1 fully saturated rings. The van der Waals surface area contributed by atoms with Crippen molar-refractivity contribution in [3.63, 3.8) is 0 Å². The molecule has 2 atom stereocenters. The van der Waals surface area contributed by atoms with E-state index in [1.807, 2.05) is 0 Å². The van der Waals surface area contributed by atoms with Crippen LogP contribution in [-0.2, 0) is 0 Å². The number of halogens is 1. The lowest BCUT2D eigenvalue weighted by atomic mass is 10.1. The number of nitrogens with two attached hydrogens (primary N) is 1. The SMILES string of the molecule is Cc1nc(N)nc(N2C[C@@H](O)C[C@H]2c2nc3cccc(Cl)c3c(=O)n2-c2cccnc2)c1C#N. The third-order valence-electron chi connectivity index (χ3n) is 5.83. The highest BCUT2D eigenvalue weighted by Gasteiger charge is 2.38. The van der Waals surface area contributed by atoms with E-state index in [0.29, 0.717) is 22.7 Å². The van der Waals surface area contributed by atoms with Crippen molar-refractivity contribution in [3.05, 3.63) is 75.2 Å². The summed E-state index contributed by atoms with van der Waals surface area (Å²) in [4.78, 5) is 32.8. The molecule has 4 heterocycles. The molecule has 0 amide bonds. The Morgan fingerprint density at radius 2 is 2.06 bits per heavy atom. The molecule has 0 spiro atoms. The quantitative estimate of drug-likeness (QED) is 0.456. The summed E-state index contributed by atoms with van der Waals surface area (Å²) in [5.41, 5.74) is 7.12. The second kappa shape index (κ2) is 8.37. The Hall–Kier alpha value is -4.07. The van der Waals surface area contributed by atoms with Crippen molar-refractivity contribution in [2.75, 3.05) is 17.2 Å². The zero-order valence-corrected chi connectivity index (χ0v) is 18.8. The van der Waals surface area contributed by atoms with Crippen molar-refractivity contribution in [3.8, 4) is 11.8 Å². The van der Waals surface area contributed by atoms with Gasteiger partial charge >= 0.3 is 0 Å². The highest BCUT2D eigenvalue weighted by molar-refractivity contribution is 6.35. The van der Waals surface area contributed by atoms with Gasteiger partial charge in [0.15, 0.2) is 5.82 Å². The number of hydrogen-bond donors (Lipinski definition) is 2. The third-order valence-corrected chi connectivity index (χ3v) is 6.14. The number of nitrogen functional groups attached to an aromatic ring is 1. The van der Waals surface area contributed by atoms with Gasteiger partial charge in [0.25, 0.3) is 5.56 Å². The number of aromatic nitrogens is 5. The number of anilines is 2. The first-order valence-electron chi connectivity index (χ1n) is 10.5. The van der Waals surface area contributed by atoms with Crippen molar-refractivity contribution in [1.82, 2.24) is 24.5 Å². The van der Waals surface area contributed by atoms with Crippen molar-refractivity contribution >= 4 is 34.3 Å². The summed E-state index contributed by atoms with van der Waals surface area (Å²) >= 11 is 6.37. The summed E-state index contributed by atoms with van der Waals surface area (Å²) < 4.78 is 1.44. The van der Waals surface area contributed by atoms with Gasteiger partial charge in [0, 0.05) is 19.2 Å². The number of benzene rings is 1. The zero-order chi connectivity index (χ0) is 24.0. The molecule has 4 aromatic rings. The fourth-order valence-electron chi connectivity index (χ4n) is 4.38. The Balaban J connectivity index is 1.80. The van der Waals surface area contributed by atoms with Gasteiger partial charge in [0.2, 0.25) is 5.95 Å². The Bertz CT molecular complexity index is 1520. The number of aryl methyl sites for hydroxylation is 1. The van der Waals surface area contributed by atoms with E-state index in [1.54, 1.807) is 54.5 Å². The molecule has 3 aromatic heterocycles. The lowest BCUT2D eigenvalue weighted by Crippen LogP contribution is -2.33. The topological polar surface area (TPSA) is 147 Å². The van der Waals surface area contributed by atoms with Crippen molar-refractivity contribution in [2.24, 2.45) is 0 Å². The first-order valence-corrected chi connectivity index (χ1v) is 10.9. The van der Waals surface area contributed by atoms with Crippen molar-refractivity contribution in [1.29, 1.82) is 5.26 Å². The van der Waals surface area contributed by atoms with E-state index in [-0.39, 0.29) is 46.3 Å². The molecule has 1 aliphatic heterocycles. The van der Waals surface area contributed by atoms with Gasteiger partial charge in [-0.3, -0.25) is 14.3 Å². The molecule has 1 aliphatic rings. The van der Waals surface area contributed by atoms with Crippen LogP contribution >= 0.6 is 11.6 Å². The standard InChI is InChI=1S/C23H19ClN8O2/c1-12-15(9-25)20(30-23(26)28-12)31-11-14(33)8-18(31)21-29-17-6-2-5-16(24)19(17)22(34)32(21)13-4-3-7-27-10-13/h2-7,10,14,18,33H,8,11H2,1H3,(H2,26,28,30)/t14-,18-/m0/s1. The van der Waals surface area contributed by atoms with Crippen LogP contribution in [0.1, 0.15) is 29.5 Å². The van der Waals surface area contributed by atoms with Crippen LogP contribution in [0, 0.1) is 18.3 Å². The summed E-state index contributed by atoms with van der Waals surface area (Å²) in [6, 6.07) is 10.1. The number of aliphatic hydroxyl groups is 1. The van der Waals surface area contributed by atoms with Crippen LogP contribution in [0.5, 0.6) is 0 Å². The predicted octanol–water partition coefficient (Wildman–Crippen LogP) is 2.30. The average Bonchev–Trinajstić information content (AvgIpc) is 3.20. The summed E-state index contributed by atoms with van der Waals surface area (Å²) in [6.45, 7) is 1.84. The molecule has 0 aliphatic carbocycles. The molecule has 34 heavy (non-hydrogen) atoms. The van der Waals surface area contributed by atoms with Gasteiger partial charge in [0.1, 0.15) is 17.5 Å². The third kappa shape index (κ3) is 3.51. The predicted molar refractivity (Wildman–Crippen MR) is 127 cm³/mol. The molecule has 0 radical (unpaired) electrons. The molecular weight excluding hydrogens is 456 g/mol. The highest BCUT2D eigenvalue weighted by atomic mass is 35.5. The summed E-state index contributed by atoms with van der Waals surface area (Å²) in [5, 5.41) is 21.0. The Morgan fingerprint density at radius 3 is 2.79 bits per heavy atom. The maximum Gasteiger partial charge on any atom is 0.267 e. The van der Waals surface area contributed by atoms with E-state index < -0.39 is 12.1 Å². The Kier molecular flexibility index (Phi) is 5.36. The number of nitriles is 1. The molecule has 1 saturated heterocycles. The van der Waals surface area contributed by atoms with Gasteiger partial charge in [-0.05, 0) is 31.2 Å². The van der Waals surface area contributed by atoms with Crippen LogP contribution in [0.4, 0.5) is 11.8 Å². The molecule has 0 unspecified atom stereocenters. The van der Waals surface area contributed by atoms with E-state index in [4.69, 9.17) is 22.3 Å². The van der Waals surface area contributed by atoms with Gasteiger partial charge in [-0.15, -0.1) is 0 Å². The molecule has 5 rings (SSSR count). The van der Waals surface area contributed by atoms with Crippen LogP contribution in [0.3, 0.4) is 0 Å². The monoisotopic (exact) mass is 474 g/mol. The summed E-state index contributed by atoms with van der Waals surface area (Å²) in [6.07, 6.45) is 2.67. The number of nitrogens with zero attached hydrogens (tertiary/aromatic N) is 7. The largest absolute Gasteiger partial charge is 0.391 e. The van der Waals surface area contributed by atoms with Crippen molar-refractivity contribution in [2.45, 2.75) is 25.5 Å². The van der Waals surface area contributed by atoms with E-state index in [9.17, 15) is 15.2 Å². The minimum Gasteiger partial charge on any atom is -0.391 e. The minimum atomic E-state index is -0.748. The summed E-state index contributed by atoms with van der Waals surface area (Å²) in [5.74, 6) is 0.657. The fourth-order valence-corrected chi connectivity index (χ4v) is 4.63. The molecule has 10 nitrogen and oxygen atoms in total. The maximum absolute atomic E-state index is 13.7. The first kappa shape index (κ1) is 21.8. The second-order valence-electron chi connectivity index (χ2n) is 7.99. The van der Waals surface area contributed by atoms with Crippen LogP contribution < -0.4 is 16.2 Å². The van der Waals surface area contributed by atoms with Gasteiger partial charge in [-0.2, -0.15) is 10.2 Å². The fraction of sp³-hybridized carbons (Fsp3) is 0.217. The number of hydrogen-bond acceptors (Lipinski definition) is 9. The van der Waals surface area contributed by atoms with E-state index in [1.165, 1.54) is 4.57 Å². The number of β-amino-alcohol motifs (C(OH)–C–C–N with tert-alkyl or cyclic N) is 1. The van der Waals surface area contributed by atoms with Gasteiger partial charge in [0.05, 0.1) is 45.6 Å². The normalized spacial score (nSPS) is 17.8. The van der Waals surface area contributed by atoms with Gasteiger partial charge in [-0.1, -0.05) is 17.7 Å². The van der Waals surface area contributed by atoms with Crippen LogP contribution in [0.2, 0.25) is 5.02 Å². The van der Waals surface area contributed by atoms with Gasteiger partial charge in [-0.25, -0.2) is 9.97 Å².